The average Bonchev–Trinajstić information content (AvgIpc) is 3.02. The number of aliphatic hydroxyl groups excluding tert-OH is 1. The molecule has 5 heteroatoms. The third-order valence-corrected chi connectivity index (χ3v) is 9.27. The topological polar surface area (TPSA) is 66.8 Å². The minimum Gasteiger partial charge on any atom is -0.491 e. The molecule has 7 rings (SSSR count). The molecule has 5 saturated carbocycles. The zero-order valence-electron chi connectivity index (χ0n) is 18.9. The minimum absolute atomic E-state index is 0.0377. The normalized spacial score (nSPS) is 38.8. The first-order valence-electron chi connectivity index (χ1n) is 12.8. The van der Waals surface area contributed by atoms with Crippen LogP contribution in [0.25, 0.3) is 0 Å². The van der Waals surface area contributed by atoms with Crippen molar-refractivity contribution in [2.75, 3.05) is 13.2 Å². The van der Waals surface area contributed by atoms with Gasteiger partial charge in [0.15, 0.2) is 0 Å². The van der Waals surface area contributed by atoms with Crippen LogP contribution in [0.5, 0.6) is 5.75 Å². The van der Waals surface area contributed by atoms with Gasteiger partial charge in [0.05, 0.1) is 18.4 Å². The zero-order chi connectivity index (χ0) is 21.9. The van der Waals surface area contributed by atoms with E-state index in [1.807, 2.05) is 12.1 Å². The van der Waals surface area contributed by atoms with Gasteiger partial charge >= 0.3 is 0 Å². The SMILES string of the molecule is O=C1C2CCCCC2C(=O)N1CC(O)COc1ccc(C23CC4CC(CC(C4)C2)C3)cc1. The molecule has 6 fully saturated rings. The van der Waals surface area contributed by atoms with E-state index in [4.69, 9.17) is 4.74 Å². The second kappa shape index (κ2) is 7.86. The summed E-state index contributed by atoms with van der Waals surface area (Å²) in [5, 5.41) is 10.5. The first-order chi connectivity index (χ1) is 15.5. The summed E-state index contributed by atoms with van der Waals surface area (Å²) in [6.07, 6.45) is 11.1. The van der Waals surface area contributed by atoms with Gasteiger partial charge in [0, 0.05) is 0 Å². The van der Waals surface area contributed by atoms with Crippen molar-refractivity contribution < 1.29 is 19.4 Å². The summed E-state index contributed by atoms with van der Waals surface area (Å²) < 4.78 is 5.84. The molecule has 3 atom stereocenters. The number of fused-ring (bicyclic) bond motifs is 1. The summed E-state index contributed by atoms with van der Waals surface area (Å²) in [7, 11) is 0. The van der Waals surface area contributed by atoms with E-state index in [0.29, 0.717) is 5.41 Å². The van der Waals surface area contributed by atoms with Gasteiger partial charge < -0.3 is 9.84 Å². The molecule has 1 aromatic carbocycles. The summed E-state index contributed by atoms with van der Waals surface area (Å²) in [6.45, 7) is 0.124. The Morgan fingerprint density at radius 2 is 1.44 bits per heavy atom. The van der Waals surface area contributed by atoms with E-state index in [9.17, 15) is 14.7 Å². The lowest BCUT2D eigenvalue weighted by molar-refractivity contribution is -0.141. The highest BCUT2D eigenvalue weighted by Gasteiger charge is 2.51. The molecule has 6 aliphatic rings. The molecular formula is C27H35NO4. The van der Waals surface area contributed by atoms with Gasteiger partial charge in [-0.2, -0.15) is 0 Å². The van der Waals surface area contributed by atoms with Gasteiger partial charge in [0.2, 0.25) is 11.8 Å². The van der Waals surface area contributed by atoms with E-state index < -0.39 is 6.10 Å². The Morgan fingerprint density at radius 1 is 0.906 bits per heavy atom. The number of amides is 2. The van der Waals surface area contributed by atoms with Crippen LogP contribution in [-0.2, 0) is 15.0 Å². The van der Waals surface area contributed by atoms with Crippen molar-refractivity contribution in [2.24, 2.45) is 29.6 Å². The highest BCUT2D eigenvalue weighted by atomic mass is 16.5. The van der Waals surface area contributed by atoms with Crippen LogP contribution in [0.2, 0.25) is 0 Å². The third kappa shape index (κ3) is 3.48. The van der Waals surface area contributed by atoms with Crippen LogP contribution >= 0.6 is 0 Å². The van der Waals surface area contributed by atoms with Crippen molar-refractivity contribution in [3.8, 4) is 5.75 Å². The van der Waals surface area contributed by atoms with Gasteiger partial charge in [-0.25, -0.2) is 0 Å². The maximum atomic E-state index is 12.6. The van der Waals surface area contributed by atoms with E-state index in [2.05, 4.69) is 12.1 Å². The summed E-state index contributed by atoms with van der Waals surface area (Å²) in [5.74, 6) is 2.98. The second-order valence-corrected chi connectivity index (χ2v) is 11.5. The molecule has 32 heavy (non-hydrogen) atoms. The average molecular weight is 438 g/mol. The van der Waals surface area contributed by atoms with Crippen molar-refractivity contribution in [3.63, 3.8) is 0 Å². The van der Waals surface area contributed by atoms with Crippen LogP contribution in [-0.4, -0.2) is 41.1 Å². The quantitative estimate of drug-likeness (QED) is 0.682. The van der Waals surface area contributed by atoms with Crippen molar-refractivity contribution >= 4 is 11.8 Å². The summed E-state index contributed by atoms with van der Waals surface area (Å²) in [5.41, 5.74) is 1.83. The fraction of sp³-hybridized carbons (Fsp3) is 0.704. The lowest BCUT2D eigenvalue weighted by Gasteiger charge is -2.57. The van der Waals surface area contributed by atoms with Gasteiger partial charge in [0.25, 0.3) is 0 Å². The summed E-state index contributed by atoms with van der Waals surface area (Å²) in [4.78, 5) is 26.5. The largest absolute Gasteiger partial charge is 0.491 e. The Hall–Kier alpha value is -1.88. The Kier molecular flexibility index (Phi) is 5.09. The lowest BCUT2D eigenvalue weighted by atomic mass is 9.48. The van der Waals surface area contributed by atoms with Gasteiger partial charge in [-0.15, -0.1) is 0 Å². The molecule has 1 aliphatic heterocycles. The van der Waals surface area contributed by atoms with Crippen molar-refractivity contribution in [2.45, 2.75) is 75.7 Å². The fourth-order valence-corrected chi connectivity index (χ4v) is 8.24. The van der Waals surface area contributed by atoms with E-state index in [0.717, 1.165) is 49.2 Å². The molecule has 1 heterocycles. The van der Waals surface area contributed by atoms with Crippen LogP contribution in [0, 0.1) is 29.6 Å². The molecule has 0 spiro atoms. The first kappa shape index (κ1) is 20.7. The van der Waals surface area contributed by atoms with Crippen LogP contribution in [0.1, 0.15) is 69.8 Å². The third-order valence-electron chi connectivity index (χ3n) is 9.27. The summed E-state index contributed by atoms with van der Waals surface area (Å²) >= 11 is 0. The Morgan fingerprint density at radius 3 is 1.97 bits per heavy atom. The number of hydrogen-bond donors (Lipinski definition) is 1. The fourth-order valence-electron chi connectivity index (χ4n) is 8.24. The number of β-amino-alcohol motifs (C(OH)–C–C–N with tert-alkyl or cyclic N) is 1. The number of likely N-dealkylation sites (tertiary alicyclic amines) is 1. The van der Waals surface area contributed by atoms with E-state index in [1.165, 1.54) is 49.0 Å². The molecular weight excluding hydrogens is 402 g/mol. The molecule has 3 unspecified atom stereocenters. The number of aliphatic hydroxyl groups is 1. The Balaban J connectivity index is 1.06. The highest BCUT2D eigenvalue weighted by molar-refractivity contribution is 6.05. The summed E-state index contributed by atoms with van der Waals surface area (Å²) in [6, 6.07) is 8.52. The Bertz CT molecular complexity index is 834. The number of nitrogens with zero attached hydrogens (tertiary/aromatic N) is 1. The van der Waals surface area contributed by atoms with Gasteiger partial charge in [0.1, 0.15) is 18.5 Å². The van der Waals surface area contributed by atoms with Crippen molar-refractivity contribution in [1.82, 2.24) is 4.90 Å². The number of benzene rings is 1. The van der Waals surface area contributed by atoms with Gasteiger partial charge in [-0.3, -0.25) is 14.5 Å². The molecule has 0 aromatic heterocycles. The number of carbonyl (C=O) groups excluding carboxylic acids is 2. The van der Waals surface area contributed by atoms with Crippen LogP contribution in [0.4, 0.5) is 0 Å². The molecule has 0 radical (unpaired) electrons. The van der Waals surface area contributed by atoms with Crippen LogP contribution < -0.4 is 4.74 Å². The predicted molar refractivity (Wildman–Crippen MR) is 120 cm³/mol. The number of imide groups is 1. The zero-order valence-corrected chi connectivity index (χ0v) is 18.9. The van der Waals surface area contributed by atoms with E-state index in [1.54, 1.807) is 0 Å². The predicted octanol–water partition coefficient (Wildman–Crippen LogP) is 4.07. The lowest BCUT2D eigenvalue weighted by Crippen LogP contribution is -2.48. The van der Waals surface area contributed by atoms with Gasteiger partial charge in [-0.1, -0.05) is 25.0 Å². The molecule has 1 aromatic rings. The number of carbonyl (C=O) groups is 2. The highest BCUT2D eigenvalue weighted by Crippen LogP contribution is 2.60. The standard InChI is InChI=1S/C27H35NO4/c29-21(15-28-25(30)23-3-1-2-4-24(23)26(28)31)16-32-22-7-5-20(6-8-22)27-12-17-9-18(13-27)11-19(10-17)14-27/h5-8,17-19,21,23-24,29H,1-4,9-16H2. The van der Waals surface area contributed by atoms with Crippen LogP contribution in [0.15, 0.2) is 24.3 Å². The number of ether oxygens (including phenoxy) is 1. The van der Waals surface area contributed by atoms with Crippen molar-refractivity contribution in [1.29, 1.82) is 0 Å². The van der Waals surface area contributed by atoms with E-state index in [-0.39, 0.29) is 36.8 Å². The second-order valence-electron chi connectivity index (χ2n) is 11.5. The Labute approximate surface area is 190 Å². The number of rotatable bonds is 6. The van der Waals surface area contributed by atoms with Crippen LogP contribution in [0.3, 0.4) is 0 Å². The number of hydrogen-bond acceptors (Lipinski definition) is 4. The molecule has 1 N–H and O–H groups in total. The van der Waals surface area contributed by atoms with Crippen molar-refractivity contribution in [3.05, 3.63) is 29.8 Å². The maximum absolute atomic E-state index is 12.6. The molecule has 2 amide bonds. The molecule has 172 valence electrons. The first-order valence-corrected chi connectivity index (χ1v) is 12.8. The smallest absolute Gasteiger partial charge is 0.233 e. The minimum atomic E-state index is -0.870. The molecule has 5 aliphatic carbocycles. The maximum Gasteiger partial charge on any atom is 0.233 e. The molecule has 5 nitrogen and oxygen atoms in total. The molecule has 4 bridgehead atoms. The molecule has 1 saturated heterocycles. The van der Waals surface area contributed by atoms with E-state index >= 15 is 0 Å². The monoisotopic (exact) mass is 437 g/mol. The van der Waals surface area contributed by atoms with Gasteiger partial charge in [-0.05, 0) is 92.2 Å².